The van der Waals surface area contributed by atoms with Gasteiger partial charge in [0.25, 0.3) is 0 Å². The van der Waals surface area contributed by atoms with Gasteiger partial charge in [-0.15, -0.1) is 0 Å². The fourth-order valence-corrected chi connectivity index (χ4v) is 2.46. The SMILES string of the molecule is [B]c1ccc2c(c1)CCC(NCc1ccccc1)=C2. The molecule has 0 bridgehead atoms. The fraction of sp³-hybridized carbons (Fsp3) is 0.176. The van der Waals surface area contributed by atoms with Gasteiger partial charge in [-0.05, 0) is 35.6 Å². The van der Waals surface area contributed by atoms with Gasteiger partial charge >= 0.3 is 0 Å². The highest BCUT2D eigenvalue weighted by Gasteiger charge is 2.09. The Morgan fingerprint density at radius 2 is 1.84 bits per heavy atom. The lowest BCUT2D eigenvalue weighted by atomic mass is 9.87. The summed E-state index contributed by atoms with van der Waals surface area (Å²) in [6, 6.07) is 16.6. The predicted molar refractivity (Wildman–Crippen MR) is 81.4 cm³/mol. The highest BCUT2D eigenvalue weighted by Crippen LogP contribution is 2.21. The van der Waals surface area contributed by atoms with Crippen molar-refractivity contribution >= 4 is 19.4 Å². The third kappa shape index (κ3) is 2.90. The molecule has 0 aliphatic heterocycles. The number of rotatable bonds is 3. The Morgan fingerprint density at radius 1 is 1.00 bits per heavy atom. The summed E-state index contributed by atoms with van der Waals surface area (Å²) in [7, 11) is 5.81. The molecule has 0 amide bonds. The van der Waals surface area contributed by atoms with Crippen molar-refractivity contribution in [2.75, 3.05) is 0 Å². The maximum Gasteiger partial charge on any atom is 0.113 e. The van der Waals surface area contributed by atoms with Gasteiger partial charge in [-0.2, -0.15) is 0 Å². The largest absolute Gasteiger partial charge is 0.384 e. The second-order valence-electron chi connectivity index (χ2n) is 4.97. The van der Waals surface area contributed by atoms with Crippen LogP contribution < -0.4 is 10.8 Å². The van der Waals surface area contributed by atoms with Crippen LogP contribution in [0.15, 0.2) is 54.2 Å². The van der Waals surface area contributed by atoms with E-state index in [2.05, 4.69) is 47.8 Å². The van der Waals surface area contributed by atoms with Gasteiger partial charge in [0, 0.05) is 12.2 Å². The van der Waals surface area contributed by atoms with E-state index in [0.29, 0.717) is 0 Å². The number of nitrogens with one attached hydrogen (secondary N) is 1. The Balaban J connectivity index is 1.72. The average molecular weight is 245 g/mol. The number of fused-ring (bicyclic) bond motifs is 1. The molecule has 92 valence electrons. The highest BCUT2D eigenvalue weighted by molar-refractivity contribution is 6.32. The van der Waals surface area contributed by atoms with Crippen LogP contribution in [0.3, 0.4) is 0 Å². The molecule has 2 aromatic carbocycles. The van der Waals surface area contributed by atoms with Crippen molar-refractivity contribution in [3.8, 4) is 0 Å². The molecule has 1 aliphatic rings. The second kappa shape index (κ2) is 5.35. The summed E-state index contributed by atoms with van der Waals surface area (Å²) in [6.07, 6.45) is 4.36. The average Bonchev–Trinajstić information content (AvgIpc) is 2.46. The zero-order chi connectivity index (χ0) is 13.1. The van der Waals surface area contributed by atoms with Crippen molar-refractivity contribution < 1.29 is 0 Å². The molecule has 0 unspecified atom stereocenters. The first-order valence-corrected chi connectivity index (χ1v) is 6.68. The monoisotopic (exact) mass is 245 g/mol. The van der Waals surface area contributed by atoms with Crippen LogP contribution in [0.4, 0.5) is 0 Å². The molecule has 2 aromatic rings. The Hall–Kier alpha value is -1.96. The van der Waals surface area contributed by atoms with Crippen LogP contribution in [-0.4, -0.2) is 7.85 Å². The Bertz CT molecular complexity index is 602. The Labute approximate surface area is 115 Å². The van der Waals surface area contributed by atoms with E-state index in [1.165, 1.54) is 22.4 Å². The van der Waals surface area contributed by atoms with Crippen molar-refractivity contribution in [1.82, 2.24) is 5.32 Å². The van der Waals surface area contributed by atoms with Gasteiger partial charge in [-0.25, -0.2) is 0 Å². The van der Waals surface area contributed by atoms with E-state index >= 15 is 0 Å². The molecule has 0 fully saturated rings. The van der Waals surface area contributed by atoms with Crippen LogP contribution in [-0.2, 0) is 13.0 Å². The maximum atomic E-state index is 5.81. The van der Waals surface area contributed by atoms with Crippen LogP contribution >= 0.6 is 0 Å². The topological polar surface area (TPSA) is 12.0 Å². The van der Waals surface area contributed by atoms with E-state index in [4.69, 9.17) is 7.85 Å². The van der Waals surface area contributed by atoms with Crippen LogP contribution in [0.5, 0.6) is 0 Å². The highest BCUT2D eigenvalue weighted by atomic mass is 14.9. The minimum Gasteiger partial charge on any atom is -0.384 e. The Morgan fingerprint density at radius 3 is 2.68 bits per heavy atom. The smallest absolute Gasteiger partial charge is 0.113 e. The number of hydrogen-bond donors (Lipinski definition) is 1. The van der Waals surface area contributed by atoms with Gasteiger partial charge in [-0.3, -0.25) is 0 Å². The third-order valence-corrected chi connectivity index (χ3v) is 3.52. The molecule has 0 spiro atoms. The van der Waals surface area contributed by atoms with Crippen LogP contribution in [0.1, 0.15) is 23.1 Å². The van der Waals surface area contributed by atoms with Crippen molar-refractivity contribution in [2.45, 2.75) is 19.4 Å². The van der Waals surface area contributed by atoms with Crippen LogP contribution in [0, 0.1) is 0 Å². The van der Waals surface area contributed by atoms with Gasteiger partial charge in [0.1, 0.15) is 7.85 Å². The molecular weight excluding hydrogens is 229 g/mol. The molecule has 2 radical (unpaired) electrons. The normalized spacial score (nSPS) is 13.6. The minimum absolute atomic E-state index is 0.854. The predicted octanol–water partition coefficient (Wildman–Crippen LogP) is 2.56. The lowest BCUT2D eigenvalue weighted by Crippen LogP contribution is -2.17. The second-order valence-corrected chi connectivity index (χ2v) is 4.97. The van der Waals surface area contributed by atoms with E-state index in [1.54, 1.807) is 0 Å². The van der Waals surface area contributed by atoms with Gasteiger partial charge in [0.2, 0.25) is 0 Å². The lowest BCUT2D eigenvalue weighted by molar-refractivity contribution is 0.744. The van der Waals surface area contributed by atoms with Crippen molar-refractivity contribution in [3.63, 3.8) is 0 Å². The molecule has 2 heteroatoms. The maximum absolute atomic E-state index is 5.81. The zero-order valence-electron chi connectivity index (χ0n) is 10.9. The quantitative estimate of drug-likeness (QED) is 0.819. The molecule has 19 heavy (non-hydrogen) atoms. The molecule has 0 saturated carbocycles. The molecule has 1 nitrogen and oxygen atoms in total. The van der Waals surface area contributed by atoms with Gasteiger partial charge in [0.15, 0.2) is 0 Å². The molecular formula is C17H16BN. The number of aryl methyl sites for hydroxylation is 1. The first-order valence-electron chi connectivity index (χ1n) is 6.68. The fourth-order valence-electron chi connectivity index (χ4n) is 2.46. The summed E-state index contributed by atoms with van der Waals surface area (Å²) in [6.45, 7) is 0.886. The molecule has 0 heterocycles. The third-order valence-electron chi connectivity index (χ3n) is 3.52. The van der Waals surface area contributed by atoms with E-state index in [9.17, 15) is 0 Å². The summed E-state index contributed by atoms with van der Waals surface area (Å²) < 4.78 is 0. The van der Waals surface area contributed by atoms with Gasteiger partial charge < -0.3 is 5.32 Å². The number of benzene rings is 2. The van der Waals surface area contributed by atoms with E-state index in [0.717, 1.165) is 24.8 Å². The van der Waals surface area contributed by atoms with E-state index in [-0.39, 0.29) is 0 Å². The lowest BCUT2D eigenvalue weighted by Gasteiger charge is -2.18. The van der Waals surface area contributed by atoms with Crippen LogP contribution in [0.2, 0.25) is 0 Å². The van der Waals surface area contributed by atoms with E-state index in [1.807, 2.05) is 12.1 Å². The zero-order valence-corrected chi connectivity index (χ0v) is 10.9. The molecule has 0 saturated heterocycles. The van der Waals surface area contributed by atoms with Gasteiger partial charge in [0.05, 0.1) is 0 Å². The van der Waals surface area contributed by atoms with Crippen LogP contribution in [0.25, 0.3) is 6.08 Å². The standard InChI is InChI=1S/C17H16BN/c18-16-8-6-15-11-17(9-7-14(15)10-16)19-12-13-4-2-1-3-5-13/h1-6,8,10-11,19H,7,9,12H2. The summed E-state index contributed by atoms with van der Waals surface area (Å²) in [5, 5.41) is 3.52. The summed E-state index contributed by atoms with van der Waals surface area (Å²) in [5.74, 6) is 0. The first kappa shape index (κ1) is 12.1. The molecule has 1 N–H and O–H groups in total. The Kier molecular flexibility index (Phi) is 3.41. The molecule has 1 aliphatic carbocycles. The minimum atomic E-state index is 0.854. The molecule has 0 aromatic heterocycles. The number of allylic oxidation sites excluding steroid dienone is 1. The molecule has 3 rings (SSSR count). The first-order chi connectivity index (χ1) is 9.31. The van der Waals surface area contributed by atoms with Gasteiger partial charge in [-0.1, -0.05) is 54.0 Å². The number of hydrogen-bond acceptors (Lipinski definition) is 1. The van der Waals surface area contributed by atoms with Crippen molar-refractivity contribution in [1.29, 1.82) is 0 Å². The molecule has 0 atom stereocenters. The summed E-state index contributed by atoms with van der Waals surface area (Å²) in [5.41, 5.74) is 6.11. The van der Waals surface area contributed by atoms with Crippen molar-refractivity contribution in [2.24, 2.45) is 0 Å². The van der Waals surface area contributed by atoms with E-state index < -0.39 is 0 Å². The van der Waals surface area contributed by atoms with Crippen molar-refractivity contribution in [3.05, 3.63) is 70.9 Å². The summed E-state index contributed by atoms with van der Waals surface area (Å²) >= 11 is 0. The summed E-state index contributed by atoms with van der Waals surface area (Å²) in [4.78, 5) is 0.